The largest absolute Gasteiger partial charge is 0.441 e. The van der Waals surface area contributed by atoms with Crippen LogP contribution in [0.25, 0.3) is 11.1 Å². The summed E-state index contributed by atoms with van der Waals surface area (Å²) in [4.78, 5) is 4.38. The van der Waals surface area contributed by atoms with E-state index in [1.165, 1.54) is 25.0 Å². The number of aryl methyl sites for hydroxylation is 1. The normalized spacial score (nSPS) is 13.0. The van der Waals surface area contributed by atoms with Gasteiger partial charge < -0.3 is 10.2 Å². The highest BCUT2D eigenvalue weighted by Gasteiger charge is 2.11. The third kappa shape index (κ3) is 3.77. The maximum Gasteiger partial charge on any atom is 0.195 e. The zero-order chi connectivity index (χ0) is 13.7. The van der Waals surface area contributed by atoms with Crippen molar-refractivity contribution in [3.8, 4) is 0 Å². The molecule has 4 heteroatoms. The lowest BCUT2D eigenvalue weighted by Gasteiger charge is -2.13. The van der Waals surface area contributed by atoms with Crippen molar-refractivity contribution in [1.29, 1.82) is 0 Å². The van der Waals surface area contributed by atoms with Crippen LogP contribution in [0.4, 0.5) is 4.39 Å². The molecule has 1 aromatic carbocycles. The second kappa shape index (κ2) is 6.66. The highest BCUT2D eigenvalue weighted by atomic mass is 19.1. The number of hydrogen-bond acceptors (Lipinski definition) is 3. The van der Waals surface area contributed by atoms with E-state index in [9.17, 15) is 4.39 Å². The standard InChI is InChI=1S/C15H21FN2O/c1-2-3-11(8-9-17)4-7-15-18-13-6-5-12(16)10-14(13)19-15/h5-6,10-11H,2-4,7-9,17H2,1H3. The van der Waals surface area contributed by atoms with E-state index in [0.29, 0.717) is 17.4 Å². The SMILES string of the molecule is CCCC(CCN)CCc1nc2ccc(F)cc2o1. The monoisotopic (exact) mass is 264 g/mol. The first kappa shape index (κ1) is 14.0. The van der Waals surface area contributed by atoms with Gasteiger partial charge in [0.05, 0.1) is 0 Å². The van der Waals surface area contributed by atoms with E-state index in [2.05, 4.69) is 11.9 Å². The predicted octanol–water partition coefficient (Wildman–Crippen LogP) is 3.66. The predicted molar refractivity (Wildman–Crippen MR) is 74.4 cm³/mol. The fourth-order valence-corrected chi connectivity index (χ4v) is 2.46. The minimum atomic E-state index is -0.290. The summed E-state index contributed by atoms with van der Waals surface area (Å²) in [7, 11) is 0. The summed E-state index contributed by atoms with van der Waals surface area (Å²) in [6.45, 7) is 2.91. The number of nitrogens with two attached hydrogens (primary N) is 1. The molecule has 0 amide bonds. The van der Waals surface area contributed by atoms with Crippen molar-refractivity contribution in [2.75, 3.05) is 6.54 Å². The van der Waals surface area contributed by atoms with Gasteiger partial charge in [0.25, 0.3) is 0 Å². The van der Waals surface area contributed by atoms with Crippen molar-refractivity contribution in [3.63, 3.8) is 0 Å². The number of oxazole rings is 1. The minimum absolute atomic E-state index is 0.290. The summed E-state index contributed by atoms with van der Waals surface area (Å²) in [5.74, 6) is 1.03. The summed E-state index contributed by atoms with van der Waals surface area (Å²) in [5.41, 5.74) is 6.88. The van der Waals surface area contributed by atoms with Gasteiger partial charge in [-0.05, 0) is 37.4 Å². The maximum absolute atomic E-state index is 13.1. The van der Waals surface area contributed by atoms with Gasteiger partial charge in [-0.2, -0.15) is 0 Å². The number of fused-ring (bicyclic) bond motifs is 1. The van der Waals surface area contributed by atoms with E-state index in [0.717, 1.165) is 31.3 Å². The summed E-state index contributed by atoms with van der Waals surface area (Å²) < 4.78 is 18.6. The smallest absolute Gasteiger partial charge is 0.195 e. The number of aromatic nitrogens is 1. The molecule has 2 rings (SSSR count). The number of hydrogen-bond donors (Lipinski definition) is 1. The van der Waals surface area contributed by atoms with Crippen LogP contribution in [0.2, 0.25) is 0 Å². The van der Waals surface area contributed by atoms with E-state index >= 15 is 0 Å². The van der Waals surface area contributed by atoms with Crippen LogP contribution in [-0.2, 0) is 6.42 Å². The van der Waals surface area contributed by atoms with Gasteiger partial charge in [0, 0.05) is 12.5 Å². The van der Waals surface area contributed by atoms with Crippen molar-refractivity contribution in [3.05, 3.63) is 29.9 Å². The Balaban J connectivity index is 2.00. The van der Waals surface area contributed by atoms with Crippen LogP contribution in [-0.4, -0.2) is 11.5 Å². The van der Waals surface area contributed by atoms with Crippen LogP contribution < -0.4 is 5.73 Å². The number of benzene rings is 1. The molecule has 0 spiro atoms. The first-order valence-corrected chi connectivity index (χ1v) is 6.98. The minimum Gasteiger partial charge on any atom is -0.441 e. The molecule has 104 valence electrons. The summed E-state index contributed by atoms with van der Waals surface area (Å²) in [5, 5.41) is 0. The second-order valence-corrected chi connectivity index (χ2v) is 4.99. The zero-order valence-electron chi connectivity index (χ0n) is 11.4. The quantitative estimate of drug-likeness (QED) is 0.830. The number of nitrogens with zero attached hydrogens (tertiary/aromatic N) is 1. The molecule has 2 N–H and O–H groups in total. The molecule has 0 aliphatic heterocycles. The van der Waals surface area contributed by atoms with Crippen LogP contribution in [0, 0.1) is 11.7 Å². The molecule has 1 heterocycles. The molecule has 0 saturated heterocycles. The molecule has 0 bridgehead atoms. The Morgan fingerprint density at radius 1 is 1.32 bits per heavy atom. The van der Waals surface area contributed by atoms with Crippen LogP contribution in [0.15, 0.2) is 22.6 Å². The van der Waals surface area contributed by atoms with Crippen molar-refractivity contribution in [2.45, 2.75) is 39.0 Å². The molecule has 0 fully saturated rings. The molecule has 2 aromatic rings. The molecule has 0 aliphatic rings. The van der Waals surface area contributed by atoms with Gasteiger partial charge in [-0.1, -0.05) is 19.8 Å². The third-order valence-electron chi connectivity index (χ3n) is 3.43. The highest BCUT2D eigenvalue weighted by Crippen LogP contribution is 2.21. The van der Waals surface area contributed by atoms with Gasteiger partial charge in [-0.25, -0.2) is 9.37 Å². The Kier molecular flexibility index (Phi) is 4.91. The van der Waals surface area contributed by atoms with Gasteiger partial charge in [-0.15, -0.1) is 0 Å². The lowest BCUT2D eigenvalue weighted by Crippen LogP contribution is -2.09. The van der Waals surface area contributed by atoms with E-state index in [1.807, 2.05) is 0 Å². The number of rotatable bonds is 7. The Labute approximate surface area is 113 Å². The summed E-state index contributed by atoms with van der Waals surface area (Å²) in [6, 6.07) is 4.44. The molecule has 1 unspecified atom stereocenters. The first-order valence-electron chi connectivity index (χ1n) is 6.98. The third-order valence-corrected chi connectivity index (χ3v) is 3.43. The molecular formula is C15H21FN2O. The summed E-state index contributed by atoms with van der Waals surface area (Å²) in [6.07, 6.45) is 5.22. The first-order chi connectivity index (χ1) is 9.22. The molecule has 0 radical (unpaired) electrons. The van der Waals surface area contributed by atoms with E-state index in [1.54, 1.807) is 6.07 Å². The van der Waals surface area contributed by atoms with Crippen LogP contribution >= 0.6 is 0 Å². The summed E-state index contributed by atoms with van der Waals surface area (Å²) >= 11 is 0. The lowest BCUT2D eigenvalue weighted by molar-refractivity contribution is 0.398. The topological polar surface area (TPSA) is 52.0 Å². The average Bonchev–Trinajstić information content (AvgIpc) is 2.78. The van der Waals surface area contributed by atoms with Gasteiger partial charge >= 0.3 is 0 Å². The van der Waals surface area contributed by atoms with Crippen molar-refractivity contribution >= 4 is 11.1 Å². The van der Waals surface area contributed by atoms with E-state index in [4.69, 9.17) is 10.2 Å². The van der Waals surface area contributed by atoms with Crippen molar-refractivity contribution in [1.82, 2.24) is 4.98 Å². The van der Waals surface area contributed by atoms with Crippen LogP contribution in [0.3, 0.4) is 0 Å². The Morgan fingerprint density at radius 3 is 2.89 bits per heavy atom. The Morgan fingerprint density at radius 2 is 2.16 bits per heavy atom. The van der Waals surface area contributed by atoms with Gasteiger partial charge in [-0.3, -0.25) is 0 Å². The molecule has 1 aromatic heterocycles. The average molecular weight is 264 g/mol. The molecule has 1 atom stereocenters. The molecular weight excluding hydrogens is 243 g/mol. The number of halogens is 1. The maximum atomic E-state index is 13.1. The van der Waals surface area contributed by atoms with Crippen molar-refractivity contribution < 1.29 is 8.81 Å². The second-order valence-electron chi connectivity index (χ2n) is 4.99. The Hall–Kier alpha value is -1.42. The molecule has 3 nitrogen and oxygen atoms in total. The molecule has 19 heavy (non-hydrogen) atoms. The van der Waals surface area contributed by atoms with Gasteiger partial charge in [0.2, 0.25) is 0 Å². The van der Waals surface area contributed by atoms with E-state index < -0.39 is 0 Å². The van der Waals surface area contributed by atoms with Crippen LogP contribution in [0.5, 0.6) is 0 Å². The Bertz CT molecular complexity index is 518. The van der Waals surface area contributed by atoms with Crippen LogP contribution in [0.1, 0.15) is 38.5 Å². The molecule has 0 aliphatic carbocycles. The fourth-order valence-electron chi connectivity index (χ4n) is 2.46. The van der Waals surface area contributed by atoms with Gasteiger partial charge in [0.1, 0.15) is 11.3 Å². The molecule has 0 saturated carbocycles. The zero-order valence-corrected chi connectivity index (χ0v) is 11.4. The fraction of sp³-hybridized carbons (Fsp3) is 0.533. The highest BCUT2D eigenvalue weighted by molar-refractivity contribution is 5.72. The van der Waals surface area contributed by atoms with E-state index in [-0.39, 0.29) is 5.82 Å². The lowest BCUT2D eigenvalue weighted by atomic mass is 9.94. The van der Waals surface area contributed by atoms with Gasteiger partial charge in [0.15, 0.2) is 11.5 Å². The van der Waals surface area contributed by atoms with Crippen molar-refractivity contribution in [2.24, 2.45) is 11.7 Å².